The van der Waals surface area contributed by atoms with Crippen molar-refractivity contribution in [2.45, 2.75) is 19.4 Å². The van der Waals surface area contributed by atoms with Crippen LogP contribution in [-0.4, -0.2) is 36.6 Å². The Kier molecular flexibility index (Phi) is 4.92. The van der Waals surface area contributed by atoms with Gasteiger partial charge in [0.1, 0.15) is 5.69 Å². The van der Waals surface area contributed by atoms with Crippen LogP contribution in [0.5, 0.6) is 0 Å². The van der Waals surface area contributed by atoms with Crippen molar-refractivity contribution >= 4 is 11.4 Å². The average molecular weight is 279 g/mol. The smallest absolute Gasteiger partial charge is 0.292 e. The van der Waals surface area contributed by atoms with Crippen LogP contribution < -0.4 is 5.73 Å². The van der Waals surface area contributed by atoms with Crippen LogP contribution in [0.2, 0.25) is 0 Å². The van der Waals surface area contributed by atoms with Crippen molar-refractivity contribution < 1.29 is 9.66 Å². The minimum atomic E-state index is -0.428. The first kappa shape index (κ1) is 14.7. The number of ether oxygens (including phenoxy) is 1. The number of nitrogens with two attached hydrogens (primary N) is 1. The Balaban J connectivity index is 2.02. The van der Waals surface area contributed by atoms with E-state index < -0.39 is 4.92 Å². The minimum absolute atomic E-state index is 0.00653. The maximum absolute atomic E-state index is 10.9. The van der Waals surface area contributed by atoms with E-state index in [2.05, 4.69) is 4.90 Å². The van der Waals surface area contributed by atoms with Crippen LogP contribution >= 0.6 is 0 Å². The number of anilines is 1. The Morgan fingerprint density at radius 2 is 2.35 bits per heavy atom. The summed E-state index contributed by atoms with van der Waals surface area (Å²) in [6, 6.07) is 5.06. The van der Waals surface area contributed by atoms with Gasteiger partial charge in [0.15, 0.2) is 0 Å². The molecule has 0 radical (unpaired) electrons. The first-order valence-electron chi connectivity index (χ1n) is 6.84. The minimum Gasteiger partial charge on any atom is -0.393 e. The molecular formula is C14H21N3O3. The van der Waals surface area contributed by atoms with Crippen LogP contribution in [-0.2, 0) is 11.3 Å². The van der Waals surface area contributed by atoms with Crippen LogP contribution in [0.3, 0.4) is 0 Å². The fourth-order valence-corrected chi connectivity index (χ4v) is 2.77. The molecule has 0 spiro atoms. The molecular weight excluding hydrogens is 258 g/mol. The van der Waals surface area contributed by atoms with E-state index in [1.54, 1.807) is 19.2 Å². The van der Waals surface area contributed by atoms with Crippen LogP contribution in [0, 0.1) is 16.0 Å². The first-order chi connectivity index (χ1) is 9.60. The third-order valence-electron chi connectivity index (χ3n) is 3.70. The molecule has 1 atom stereocenters. The van der Waals surface area contributed by atoms with E-state index in [4.69, 9.17) is 10.5 Å². The summed E-state index contributed by atoms with van der Waals surface area (Å²) in [7, 11) is 1.72. The number of benzene rings is 1. The molecule has 1 aromatic rings. The number of methoxy groups -OCH3 is 1. The van der Waals surface area contributed by atoms with Crippen molar-refractivity contribution in [3.63, 3.8) is 0 Å². The van der Waals surface area contributed by atoms with Gasteiger partial charge in [-0.25, -0.2) is 0 Å². The van der Waals surface area contributed by atoms with Crippen LogP contribution in [0.1, 0.15) is 18.4 Å². The van der Waals surface area contributed by atoms with Gasteiger partial charge in [-0.15, -0.1) is 0 Å². The molecule has 2 rings (SSSR count). The monoisotopic (exact) mass is 279 g/mol. The van der Waals surface area contributed by atoms with E-state index in [9.17, 15) is 10.1 Å². The van der Waals surface area contributed by atoms with Gasteiger partial charge in [0.25, 0.3) is 5.69 Å². The van der Waals surface area contributed by atoms with Crippen molar-refractivity contribution in [3.05, 3.63) is 33.9 Å². The van der Waals surface area contributed by atoms with Gasteiger partial charge >= 0.3 is 0 Å². The highest BCUT2D eigenvalue weighted by Crippen LogP contribution is 2.24. The van der Waals surface area contributed by atoms with Gasteiger partial charge in [0.05, 0.1) is 11.5 Å². The lowest BCUT2D eigenvalue weighted by atomic mass is 9.98. The lowest BCUT2D eigenvalue weighted by Crippen LogP contribution is -2.36. The van der Waals surface area contributed by atoms with Gasteiger partial charge in [-0.1, -0.05) is 6.07 Å². The van der Waals surface area contributed by atoms with Crippen molar-refractivity contribution in [3.8, 4) is 0 Å². The summed E-state index contributed by atoms with van der Waals surface area (Å²) in [5.41, 5.74) is 6.76. The van der Waals surface area contributed by atoms with E-state index in [1.807, 2.05) is 6.07 Å². The van der Waals surface area contributed by atoms with Gasteiger partial charge in [-0.3, -0.25) is 15.0 Å². The number of hydrogen-bond acceptors (Lipinski definition) is 5. The third kappa shape index (κ3) is 3.68. The largest absolute Gasteiger partial charge is 0.393 e. The van der Waals surface area contributed by atoms with Crippen molar-refractivity contribution in [2.75, 3.05) is 32.5 Å². The standard InChI is InChI=1S/C14H21N3O3/c1-20-10-12-3-2-6-16(9-12)8-11-4-5-13(15)14(7-11)17(18)19/h4-5,7,12H,2-3,6,8-10,15H2,1H3. The summed E-state index contributed by atoms with van der Waals surface area (Å²) in [6.45, 7) is 3.50. The SMILES string of the molecule is COCC1CCCN(Cc2ccc(N)c([N+](=O)[O-])c2)C1. The summed E-state index contributed by atoms with van der Waals surface area (Å²) in [5, 5.41) is 10.9. The lowest BCUT2D eigenvalue weighted by molar-refractivity contribution is -0.384. The fraction of sp³-hybridized carbons (Fsp3) is 0.571. The van der Waals surface area contributed by atoms with Crippen LogP contribution in [0.4, 0.5) is 11.4 Å². The highest BCUT2D eigenvalue weighted by Gasteiger charge is 2.20. The number of hydrogen-bond donors (Lipinski definition) is 1. The molecule has 1 unspecified atom stereocenters. The van der Waals surface area contributed by atoms with Crippen molar-refractivity contribution in [1.29, 1.82) is 0 Å². The van der Waals surface area contributed by atoms with Crippen molar-refractivity contribution in [1.82, 2.24) is 4.90 Å². The molecule has 1 fully saturated rings. The molecule has 1 heterocycles. The summed E-state index contributed by atoms with van der Waals surface area (Å²) in [4.78, 5) is 12.8. The molecule has 6 nitrogen and oxygen atoms in total. The molecule has 1 aromatic carbocycles. The number of nitrogen functional groups attached to an aromatic ring is 1. The summed E-state index contributed by atoms with van der Waals surface area (Å²) in [5.74, 6) is 0.553. The molecule has 2 N–H and O–H groups in total. The van der Waals surface area contributed by atoms with Crippen LogP contribution in [0.15, 0.2) is 18.2 Å². The molecule has 0 aromatic heterocycles. The zero-order chi connectivity index (χ0) is 14.5. The number of rotatable bonds is 5. The maximum Gasteiger partial charge on any atom is 0.292 e. The van der Waals surface area contributed by atoms with Gasteiger partial charge < -0.3 is 10.5 Å². The molecule has 0 aliphatic carbocycles. The second kappa shape index (κ2) is 6.67. The van der Waals surface area contributed by atoms with E-state index >= 15 is 0 Å². The molecule has 1 aliphatic rings. The van der Waals surface area contributed by atoms with Gasteiger partial charge in [0.2, 0.25) is 0 Å². The lowest BCUT2D eigenvalue weighted by Gasteiger charge is -2.32. The highest BCUT2D eigenvalue weighted by atomic mass is 16.6. The molecule has 0 amide bonds. The van der Waals surface area contributed by atoms with E-state index in [0.717, 1.165) is 38.2 Å². The van der Waals surface area contributed by atoms with Crippen molar-refractivity contribution in [2.24, 2.45) is 5.92 Å². The summed E-state index contributed by atoms with van der Waals surface area (Å²) in [6.07, 6.45) is 2.33. The number of likely N-dealkylation sites (tertiary alicyclic amines) is 1. The number of nitro groups is 1. The molecule has 20 heavy (non-hydrogen) atoms. The van der Waals surface area contributed by atoms with E-state index in [-0.39, 0.29) is 11.4 Å². The van der Waals surface area contributed by atoms with Gasteiger partial charge in [-0.2, -0.15) is 0 Å². The Morgan fingerprint density at radius 3 is 3.05 bits per heavy atom. The fourth-order valence-electron chi connectivity index (χ4n) is 2.77. The predicted molar refractivity (Wildman–Crippen MR) is 77.4 cm³/mol. The third-order valence-corrected chi connectivity index (χ3v) is 3.70. The Hall–Kier alpha value is -1.66. The van der Waals surface area contributed by atoms with Gasteiger partial charge in [-0.05, 0) is 36.9 Å². The predicted octanol–water partition coefficient (Wildman–Crippen LogP) is 2.04. The maximum atomic E-state index is 10.9. The Bertz CT molecular complexity index is 477. The molecule has 6 heteroatoms. The molecule has 1 saturated heterocycles. The summed E-state index contributed by atoms with van der Waals surface area (Å²) >= 11 is 0. The number of piperidine rings is 1. The second-order valence-electron chi connectivity index (χ2n) is 5.35. The summed E-state index contributed by atoms with van der Waals surface area (Å²) < 4.78 is 5.21. The van der Waals surface area contributed by atoms with E-state index in [0.29, 0.717) is 5.92 Å². The molecule has 110 valence electrons. The molecule has 0 bridgehead atoms. The molecule has 1 aliphatic heterocycles. The molecule has 0 saturated carbocycles. The first-order valence-corrected chi connectivity index (χ1v) is 6.84. The topological polar surface area (TPSA) is 81.6 Å². The zero-order valence-electron chi connectivity index (χ0n) is 11.7. The number of nitro benzene ring substituents is 1. The zero-order valence-corrected chi connectivity index (χ0v) is 11.7. The second-order valence-corrected chi connectivity index (χ2v) is 5.35. The normalized spacial score (nSPS) is 19.9. The number of nitrogens with zero attached hydrogens (tertiary/aromatic N) is 2. The quantitative estimate of drug-likeness (QED) is 0.506. The van der Waals surface area contributed by atoms with E-state index in [1.165, 1.54) is 6.42 Å². The average Bonchev–Trinajstić information content (AvgIpc) is 2.41. The van der Waals surface area contributed by atoms with Crippen LogP contribution in [0.25, 0.3) is 0 Å². The highest BCUT2D eigenvalue weighted by molar-refractivity contribution is 5.59. The Labute approximate surface area is 118 Å². The Morgan fingerprint density at radius 1 is 1.55 bits per heavy atom. The van der Waals surface area contributed by atoms with Gasteiger partial charge in [0, 0.05) is 26.3 Å².